The molecule has 1 heterocycles. The minimum atomic E-state index is -0.848. The van der Waals surface area contributed by atoms with Gasteiger partial charge >= 0.3 is 6.03 Å². The highest BCUT2D eigenvalue weighted by Gasteiger charge is 2.28. The third kappa shape index (κ3) is 4.10. The lowest BCUT2D eigenvalue weighted by atomic mass is 10.1. The quantitative estimate of drug-likeness (QED) is 0.640. The summed E-state index contributed by atoms with van der Waals surface area (Å²) in [6.45, 7) is 2.31. The summed E-state index contributed by atoms with van der Waals surface area (Å²) in [5.41, 5.74) is 2.38. The summed E-state index contributed by atoms with van der Waals surface area (Å²) in [5, 5.41) is 4.47. The summed E-state index contributed by atoms with van der Waals surface area (Å²) in [5.74, 6) is -1.09. The average molecular weight is 371 g/mol. The molecule has 2 aromatic carbocycles. The highest BCUT2D eigenvalue weighted by molar-refractivity contribution is 6.32. The molecule has 1 fully saturated rings. The lowest BCUT2D eigenvalue weighted by Crippen LogP contribution is -2.51. The molecule has 3 rings (SSSR count). The molecule has 1 saturated heterocycles. The number of amides is 4. The Morgan fingerprint density at radius 3 is 2.31 bits per heavy atom. The highest BCUT2D eigenvalue weighted by Crippen LogP contribution is 2.26. The molecule has 132 valence electrons. The van der Waals surface area contributed by atoms with E-state index in [1.54, 1.807) is 18.2 Å². The summed E-state index contributed by atoms with van der Waals surface area (Å²) >= 11 is 6.03. The van der Waals surface area contributed by atoms with Crippen molar-refractivity contribution in [2.24, 2.45) is 0 Å². The second-order valence-electron chi connectivity index (χ2n) is 5.75. The molecule has 2 N–H and O–H groups in total. The molecule has 0 saturated carbocycles. The van der Waals surface area contributed by atoms with Gasteiger partial charge in [-0.25, -0.2) is 4.79 Å². The van der Waals surface area contributed by atoms with Gasteiger partial charge in [0.05, 0.1) is 0 Å². The zero-order valence-corrected chi connectivity index (χ0v) is 14.6. The lowest BCUT2D eigenvalue weighted by Gasteiger charge is -2.15. The molecular formula is C19H15ClN2O4. The number of nitrogens with one attached hydrogen (secondary N) is 2. The molecule has 0 unspecified atom stereocenters. The monoisotopic (exact) mass is 370 g/mol. The van der Waals surface area contributed by atoms with E-state index in [9.17, 15) is 14.4 Å². The van der Waals surface area contributed by atoms with Crippen LogP contribution in [0.15, 0.2) is 48.0 Å². The van der Waals surface area contributed by atoms with E-state index in [2.05, 4.69) is 0 Å². The number of rotatable bonds is 4. The van der Waals surface area contributed by atoms with Gasteiger partial charge in [-0.2, -0.15) is 0 Å². The van der Waals surface area contributed by atoms with Crippen molar-refractivity contribution in [3.8, 4) is 5.75 Å². The van der Waals surface area contributed by atoms with E-state index in [1.807, 2.05) is 41.8 Å². The van der Waals surface area contributed by atoms with Crippen LogP contribution in [0.3, 0.4) is 0 Å². The number of carbonyl (C=O) groups excluding carboxylic acids is 3. The summed E-state index contributed by atoms with van der Waals surface area (Å²) in [7, 11) is 0. The Labute approximate surface area is 154 Å². The standard InChI is InChI=1S/C19H15ClN2O4/c1-11-2-4-12(5-3-11)10-26-16-7-6-14(20)8-13(16)9-15-17(23)21-19(25)22-18(15)24/h2-9H,10H2,1H3,(H2,21,22,23,24,25). The van der Waals surface area contributed by atoms with Crippen LogP contribution in [-0.2, 0) is 16.2 Å². The molecule has 0 spiro atoms. The van der Waals surface area contributed by atoms with E-state index in [0.29, 0.717) is 22.9 Å². The Morgan fingerprint density at radius 2 is 1.65 bits per heavy atom. The van der Waals surface area contributed by atoms with Gasteiger partial charge in [-0.3, -0.25) is 20.2 Å². The van der Waals surface area contributed by atoms with Gasteiger partial charge in [-0.05, 0) is 36.8 Å². The predicted octanol–water partition coefficient (Wildman–Crippen LogP) is 2.98. The van der Waals surface area contributed by atoms with E-state index in [0.717, 1.165) is 11.1 Å². The van der Waals surface area contributed by atoms with E-state index >= 15 is 0 Å². The first-order valence-electron chi connectivity index (χ1n) is 7.78. The molecule has 0 aliphatic carbocycles. The Hall–Kier alpha value is -3.12. The molecule has 1 aliphatic heterocycles. The molecular weight excluding hydrogens is 356 g/mol. The van der Waals surface area contributed by atoms with Crippen LogP contribution < -0.4 is 15.4 Å². The number of barbiturate groups is 1. The number of benzene rings is 2. The van der Waals surface area contributed by atoms with Crippen LogP contribution in [0.25, 0.3) is 6.08 Å². The third-order valence-electron chi connectivity index (χ3n) is 3.73. The molecule has 7 heteroatoms. The van der Waals surface area contributed by atoms with Crippen LogP contribution in [0.5, 0.6) is 5.75 Å². The normalized spacial score (nSPS) is 13.9. The maximum Gasteiger partial charge on any atom is 0.328 e. The number of aryl methyl sites for hydroxylation is 1. The van der Waals surface area contributed by atoms with E-state index in [1.165, 1.54) is 6.08 Å². The third-order valence-corrected chi connectivity index (χ3v) is 3.97. The van der Waals surface area contributed by atoms with Crippen molar-refractivity contribution in [3.63, 3.8) is 0 Å². The largest absolute Gasteiger partial charge is 0.488 e. The fraction of sp³-hybridized carbons (Fsp3) is 0.105. The van der Waals surface area contributed by atoms with Crippen molar-refractivity contribution < 1.29 is 19.1 Å². The van der Waals surface area contributed by atoms with Gasteiger partial charge in [-0.15, -0.1) is 0 Å². The molecule has 26 heavy (non-hydrogen) atoms. The Morgan fingerprint density at radius 1 is 1.00 bits per heavy atom. The minimum Gasteiger partial charge on any atom is -0.488 e. The first-order chi connectivity index (χ1) is 12.4. The maximum absolute atomic E-state index is 11.9. The second kappa shape index (κ2) is 7.41. The van der Waals surface area contributed by atoms with Crippen molar-refractivity contribution >= 4 is 35.5 Å². The summed E-state index contributed by atoms with van der Waals surface area (Å²) in [4.78, 5) is 34.9. The fourth-order valence-corrected chi connectivity index (χ4v) is 2.55. The van der Waals surface area contributed by atoms with E-state index < -0.39 is 17.8 Å². The topological polar surface area (TPSA) is 84.5 Å². The number of ether oxygens (including phenoxy) is 1. The molecule has 0 aromatic heterocycles. The van der Waals surface area contributed by atoms with Crippen molar-refractivity contribution in [1.29, 1.82) is 0 Å². The van der Waals surface area contributed by atoms with Gasteiger partial charge in [0.25, 0.3) is 11.8 Å². The molecule has 1 aliphatic rings. The van der Waals surface area contributed by atoms with Crippen LogP contribution >= 0.6 is 11.6 Å². The van der Waals surface area contributed by atoms with Crippen LogP contribution in [0.4, 0.5) is 4.79 Å². The van der Waals surface area contributed by atoms with Crippen molar-refractivity contribution in [1.82, 2.24) is 10.6 Å². The second-order valence-corrected chi connectivity index (χ2v) is 6.19. The number of halogens is 1. The van der Waals surface area contributed by atoms with Crippen LogP contribution in [0, 0.1) is 6.92 Å². The van der Waals surface area contributed by atoms with Gasteiger partial charge in [0.15, 0.2) is 0 Å². The van der Waals surface area contributed by atoms with E-state index in [-0.39, 0.29) is 5.57 Å². The molecule has 2 aromatic rings. The minimum absolute atomic E-state index is 0.202. The number of hydrogen-bond donors (Lipinski definition) is 2. The molecule has 6 nitrogen and oxygen atoms in total. The number of carbonyl (C=O) groups is 3. The SMILES string of the molecule is Cc1ccc(COc2ccc(Cl)cc2C=C2C(=O)NC(=O)NC2=O)cc1. The summed E-state index contributed by atoms with van der Waals surface area (Å²) in [6.07, 6.45) is 1.34. The first kappa shape index (κ1) is 17.7. The van der Waals surface area contributed by atoms with Gasteiger partial charge in [-0.1, -0.05) is 41.4 Å². The zero-order valence-electron chi connectivity index (χ0n) is 13.8. The van der Waals surface area contributed by atoms with Gasteiger partial charge < -0.3 is 4.74 Å². The fourth-order valence-electron chi connectivity index (χ4n) is 2.37. The number of hydrogen-bond acceptors (Lipinski definition) is 4. The van der Waals surface area contributed by atoms with Gasteiger partial charge in [0.1, 0.15) is 17.9 Å². The number of urea groups is 1. The van der Waals surface area contributed by atoms with Gasteiger partial charge in [0.2, 0.25) is 0 Å². The van der Waals surface area contributed by atoms with Crippen LogP contribution in [-0.4, -0.2) is 17.8 Å². The molecule has 0 atom stereocenters. The maximum atomic E-state index is 11.9. The molecule has 0 bridgehead atoms. The van der Waals surface area contributed by atoms with Crippen molar-refractivity contribution in [2.75, 3.05) is 0 Å². The lowest BCUT2D eigenvalue weighted by molar-refractivity contribution is -0.123. The van der Waals surface area contributed by atoms with Crippen molar-refractivity contribution in [2.45, 2.75) is 13.5 Å². The predicted molar refractivity (Wildman–Crippen MR) is 96.6 cm³/mol. The van der Waals surface area contributed by atoms with Crippen LogP contribution in [0.1, 0.15) is 16.7 Å². The number of imide groups is 2. The molecule has 0 radical (unpaired) electrons. The Bertz CT molecular complexity index is 898. The smallest absolute Gasteiger partial charge is 0.328 e. The average Bonchev–Trinajstić information content (AvgIpc) is 2.58. The first-order valence-corrected chi connectivity index (χ1v) is 8.16. The Balaban J connectivity index is 1.87. The Kier molecular flexibility index (Phi) is 5.04. The summed E-state index contributed by atoms with van der Waals surface area (Å²) in [6, 6.07) is 11.9. The van der Waals surface area contributed by atoms with Crippen molar-refractivity contribution in [3.05, 3.63) is 69.8 Å². The highest BCUT2D eigenvalue weighted by atomic mass is 35.5. The van der Waals surface area contributed by atoms with Crippen LogP contribution in [0.2, 0.25) is 5.02 Å². The van der Waals surface area contributed by atoms with Gasteiger partial charge in [0, 0.05) is 10.6 Å². The van der Waals surface area contributed by atoms with E-state index in [4.69, 9.17) is 16.3 Å². The molecule has 4 amide bonds. The summed E-state index contributed by atoms with van der Waals surface area (Å²) < 4.78 is 5.82. The zero-order chi connectivity index (χ0) is 18.7.